The van der Waals surface area contributed by atoms with Gasteiger partial charge in [-0.25, -0.2) is 4.98 Å². The third-order valence-corrected chi connectivity index (χ3v) is 3.78. The second-order valence-electron chi connectivity index (χ2n) is 5.76. The van der Waals surface area contributed by atoms with Gasteiger partial charge in [-0.05, 0) is 33.8 Å². The van der Waals surface area contributed by atoms with Crippen LogP contribution < -0.4 is 10.2 Å². The first-order valence-electron chi connectivity index (χ1n) is 8.92. The maximum atomic E-state index is 7.94. The van der Waals surface area contributed by atoms with Crippen LogP contribution in [0.25, 0.3) is 0 Å². The number of hydrogen-bond donors (Lipinski definition) is 0. The summed E-state index contributed by atoms with van der Waals surface area (Å²) in [5, 5.41) is 0. The fraction of sp³-hybridized carbons (Fsp3) is 0.643. The van der Waals surface area contributed by atoms with E-state index in [0.29, 0.717) is 5.46 Å². The van der Waals surface area contributed by atoms with E-state index in [2.05, 4.69) is 9.72 Å². The van der Waals surface area contributed by atoms with Crippen molar-refractivity contribution in [3.8, 4) is 5.88 Å². The molecule has 1 aromatic rings. The van der Waals surface area contributed by atoms with Crippen LogP contribution in [0.3, 0.4) is 0 Å². The monoisotopic (exact) mass is 282 g/mol. The summed E-state index contributed by atoms with van der Waals surface area (Å²) < 4.78 is 59.4. The van der Waals surface area contributed by atoms with E-state index in [1.54, 1.807) is 6.07 Å². The molecule has 3 rings (SSSR count). The highest BCUT2D eigenvalue weighted by Gasteiger charge is 2.51. The highest BCUT2D eigenvalue weighted by Crippen LogP contribution is 2.36. The quantitative estimate of drug-likeness (QED) is 0.779. The number of hydrogen-bond acceptors (Lipinski definition) is 5. The van der Waals surface area contributed by atoms with Gasteiger partial charge in [0.25, 0.3) is 0 Å². The smallest absolute Gasteiger partial charge is 0.469 e. The van der Waals surface area contributed by atoms with E-state index in [0.717, 1.165) is 0 Å². The van der Waals surface area contributed by atoms with Crippen molar-refractivity contribution in [1.82, 2.24) is 4.98 Å². The second-order valence-corrected chi connectivity index (χ2v) is 5.76. The van der Waals surface area contributed by atoms with Crippen LogP contribution in [0.1, 0.15) is 34.5 Å². The summed E-state index contributed by atoms with van der Waals surface area (Å²) in [6, 6.07) is 3.04. The van der Waals surface area contributed by atoms with Crippen LogP contribution in [0.5, 0.6) is 5.88 Å². The molecule has 0 unspecified atom stereocenters. The Morgan fingerprint density at radius 1 is 1.30 bits per heavy atom. The highest BCUT2D eigenvalue weighted by molar-refractivity contribution is 6.62. The van der Waals surface area contributed by atoms with Crippen LogP contribution in [0.15, 0.2) is 18.3 Å². The molecule has 0 N–H and O–H groups in total. The summed E-state index contributed by atoms with van der Waals surface area (Å²) in [6.45, 7) is 2.57. The van der Waals surface area contributed by atoms with Crippen LogP contribution in [0.2, 0.25) is 0 Å². The molecule has 20 heavy (non-hydrogen) atoms. The fourth-order valence-corrected chi connectivity index (χ4v) is 1.81. The van der Waals surface area contributed by atoms with E-state index in [1.165, 1.54) is 12.3 Å². The standard InChI is InChI=1S/C14H20BNO4/c1-13(2)14(3,4)20-15(19-13)10-5-6-12(16-7-10)18-11-8-17-9-11/h5-7,11H,8-9H2,1-4H3/i8D2,9D2,11D. The fourth-order valence-electron chi connectivity index (χ4n) is 1.81. The molecule has 6 heteroatoms. The highest BCUT2D eigenvalue weighted by atomic mass is 16.7. The Morgan fingerprint density at radius 2 is 1.95 bits per heavy atom. The van der Waals surface area contributed by atoms with Gasteiger partial charge in [0.05, 0.1) is 31.2 Å². The Bertz CT molecular complexity index is 652. The zero-order valence-electron chi connectivity index (χ0n) is 16.9. The van der Waals surface area contributed by atoms with E-state index in [1.807, 2.05) is 27.7 Å². The maximum absolute atomic E-state index is 7.94. The third-order valence-electron chi connectivity index (χ3n) is 3.78. The predicted octanol–water partition coefficient (Wildman–Crippen LogP) is 1.16. The lowest BCUT2D eigenvalue weighted by molar-refractivity contribution is -0.0813. The molecular formula is C14H20BNO4. The van der Waals surface area contributed by atoms with Gasteiger partial charge in [-0.15, -0.1) is 0 Å². The lowest BCUT2D eigenvalue weighted by Gasteiger charge is -2.32. The zero-order valence-corrected chi connectivity index (χ0v) is 11.9. The third kappa shape index (κ3) is 2.43. The molecule has 0 atom stereocenters. The molecule has 0 radical (unpaired) electrons. The number of ether oxygens (including phenoxy) is 2. The zero-order chi connectivity index (χ0) is 18.9. The molecule has 0 aromatic carbocycles. The molecular weight excluding hydrogens is 257 g/mol. The molecule has 2 aliphatic heterocycles. The van der Waals surface area contributed by atoms with Crippen molar-refractivity contribution in [3.05, 3.63) is 18.3 Å². The van der Waals surface area contributed by atoms with Gasteiger partial charge in [-0.3, -0.25) is 0 Å². The van der Waals surface area contributed by atoms with Crippen molar-refractivity contribution in [2.75, 3.05) is 13.1 Å². The molecule has 0 saturated carbocycles. The molecule has 0 bridgehead atoms. The van der Waals surface area contributed by atoms with Crippen LogP contribution in [0.4, 0.5) is 0 Å². The van der Waals surface area contributed by atoms with Crippen LogP contribution in [0, 0.1) is 0 Å². The second kappa shape index (κ2) is 4.72. The van der Waals surface area contributed by atoms with Crippen LogP contribution in [-0.2, 0) is 14.0 Å². The van der Waals surface area contributed by atoms with E-state index in [9.17, 15) is 0 Å². The largest absolute Gasteiger partial charge is 0.496 e. The molecule has 0 spiro atoms. The predicted molar refractivity (Wildman–Crippen MR) is 75.2 cm³/mol. The Kier molecular flexibility index (Phi) is 2.13. The summed E-state index contributed by atoms with van der Waals surface area (Å²) in [5.41, 5.74) is -0.346. The van der Waals surface area contributed by atoms with Gasteiger partial charge in [0, 0.05) is 11.7 Å². The lowest BCUT2D eigenvalue weighted by Crippen LogP contribution is -2.41. The minimum atomic E-state index is -2.58. The summed E-state index contributed by atoms with van der Waals surface area (Å²) in [7, 11) is -0.610. The average Bonchev–Trinajstić information content (AvgIpc) is 2.66. The van der Waals surface area contributed by atoms with Gasteiger partial charge >= 0.3 is 7.12 Å². The van der Waals surface area contributed by atoms with Crippen molar-refractivity contribution in [2.24, 2.45) is 0 Å². The minimum Gasteiger partial charge on any atom is -0.469 e. The molecule has 0 amide bonds. The summed E-state index contributed by atoms with van der Waals surface area (Å²) in [5.74, 6) is -0.0914. The summed E-state index contributed by atoms with van der Waals surface area (Å²) >= 11 is 0. The van der Waals surface area contributed by atoms with E-state index < -0.39 is 37.5 Å². The lowest BCUT2D eigenvalue weighted by atomic mass is 9.80. The molecule has 1 aromatic heterocycles. The van der Waals surface area contributed by atoms with Crippen LogP contribution in [-0.4, -0.2) is 42.5 Å². The molecule has 2 fully saturated rings. The van der Waals surface area contributed by atoms with Gasteiger partial charge in [0.2, 0.25) is 5.88 Å². The molecule has 2 aliphatic rings. The Morgan fingerprint density at radius 3 is 2.45 bits per heavy atom. The van der Waals surface area contributed by atoms with Crippen molar-refractivity contribution < 1.29 is 25.6 Å². The maximum Gasteiger partial charge on any atom is 0.496 e. The average molecular weight is 282 g/mol. The van der Waals surface area contributed by atoms with Gasteiger partial charge in [0.15, 0.2) is 0 Å². The summed E-state index contributed by atoms with van der Waals surface area (Å²) in [4.78, 5) is 4.03. The van der Waals surface area contributed by atoms with Crippen molar-refractivity contribution in [2.45, 2.75) is 45.0 Å². The van der Waals surface area contributed by atoms with E-state index >= 15 is 0 Å². The van der Waals surface area contributed by atoms with Gasteiger partial charge < -0.3 is 18.8 Å². The first kappa shape index (κ1) is 9.02. The van der Waals surface area contributed by atoms with Crippen LogP contribution >= 0.6 is 0 Å². The first-order chi connectivity index (χ1) is 11.2. The van der Waals surface area contributed by atoms with Gasteiger partial charge in [-0.2, -0.15) is 0 Å². The van der Waals surface area contributed by atoms with Gasteiger partial charge in [-0.1, -0.05) is 6.07 Å². The van der Waals surface area contributed by atoms with Gasteiger partial charge in [0.1, 0.15) is 6.08 Å². The van der Waals surface area contributed by atoms with E-state index in [-0.39, 0.29) is 5.88 Å². The van der Waals surface area contributed by atoms with Crippen molar-refractivity contribution in [3.63, 3.8) is 0 Å². The molecule has 5 nitrogen and oxygen atoms in total. The molecule has 108 valence electrons. The minimum absolute atomic E-state index is 0.0914. The van der Waals surface area contributed by atoms with E-state index in [4.69, 9.17) is 20.9 Å². The normalized spacial score (nSPS) is 34.8. The van der Waals surface area contributed by atoms with Crippen molar-refractivity contribution >= 4 is 12.6 Å². The molecule has 0 aliphatic carbocycles. The Labute approximate surface area is 126 Å². The Balaban J connectivity index is 1.76. The van der Waals surface area contributed by atoms with Crippen molar-refractivity contribution in [1.29, 1.82) is 0 Å². The summed E-state index contributed by atoms with van der Waals surface area (Å²) in [6.07, 6.45) is -1.11. The topological polar surface area (TPSA) is 49.8 Å². The number of rotatable bonds is 3. The number of aromatic nitrogens is 1. The number of pyridine rings is 1. The number of nitrogens with zero attached hydrogens (tertiary/aromatic N) is 1. The Hall–Kier alpha value is -1.11. The molecule has 2 saturated heterocycles. The molecule has 3 heterocycles. The first-order valence-corrected chi connectivity index (χ1v) is 6.42. The SMILES string of the molecule is [2H]C1([2H])OC([2H])([2H])C1([2H])Oc1ccc(B2OC(C)(C)C(C)(C)O2)cn1.